The molecule has 0 aliphatic carbocycles. The van der Waals surface area contributed by atoms with Crippen LogP contribution in [-0.4, -0.2) is 99.9 Å². The minimum absolute atomic E-state index is 0.133. The first kappa shape index (κ1) is 34.1. The summed E-state index contributed by atoms with van der Waals surface area (Å²) >= 11 is 0. The molecule has 0 fully saturated rings. The molecule has 0 saturated carbocycles. The second-order valence-electron chi connectivity index (χ2n) is 11.8. The predicted molar refractivity (Wildman–Crippen MR) is 170 cm³/mol. The van der Waals surface area contributed by atoms with Crippen molar-refractivity contribution in [2.75, 3.05) is 56.4 Å². The Morgan fingerprint density at radius 3 is 2.53 bits per heavy atom. The summed E-state index contributed by atoms with van der Waals surface area (Å²) in [6.07, 6.45) is 2.66. The zero-order valence-electron chi connectivity index (χ0n) is 26.4. The Bertz CT molecular complexity index is 1450. The molecular weight excluding hydrogens is 604 g/mol. The molecule has 0 saturated heterocycles. The third-order valence-corrected chi connectivity index (χ3v) is 8.39. The molecule has 13 nitrogen and oxygen atoms in total. The fourth-order valence-corrected chi connectivity index (χ4v) is 5.76. The molecule has 2 aliphatic heterocycles. The van der Waals surface area contributed by atoms with E-state index in [1.165, 1.54) is 15.9 Å². The first-order valence-corrected chi connectivity index (χ1v) is 17.0. The second kappa shape index (κ2) is 15.0. The standard InChI is InChI=1S/C31H44N4O9S/c1-20-16-35(21(2)18-36)30(37)25-14-24(33-45(5,39)40)10-11-26(25)44-22(3)8-6-7-13-41-29(20)17-34(4)31(38)32-23-9-12-27-28(15-23)43-19-42-27/h9-12,14-15,20-22,29,33,36H,6-8,13,16-19H2,1-5H3,(H,32,38)/t20-,21-,22-,29-/m0/s1. The van der Waals surface area contributed by atoms with E-state index in [4.69, 9.17) is 18.9 Å². The van der Waals surface area contributed by atoms with Crippen LogP contribution < -0.4 is 24.2 Å². The highest BCUT2D eigenvalue weighted by Crippen LogP contribution is 2.34. The van der Waals surface area contributed by atoms with Crippen LogP contribution >= 0.6 is 0 Å². The largest absolute Gasteiger partial charge is 0.490 e. The quantitative estimate of drug-likeness (QED) is 0.407. The Hall–Kier alpha value is -3.75. The van der Waals surface area contributed by atoms with Gasteiger partial charge in [0.25, 0.3) is 5.91 Å². The molecule has 0 bridgehead atoms. The summed E-state index contributed by atoms with van der Waals surface area (Å²) in [5, 5.41) is 13.0. The third-order valence-electron chi connectivity index (χ3n) is 7.78. The number of hydrogen-bond acceptors (Lipinski definition) is 9. The molecule has 0 aromatic heterocycles. The maximum absolute atomic E-state index is 14.1. The van der Waals surface area contributed by atoms with Gasteiger partial charge in [0.05, 0.1) is 36.7 Å². The number of nitrogens with zero attached hydrogens (tertiary/aromatic N) is 2. The normalized spacial score (nSPS) is 21.6. The molecule has 0 radical (unpaired) electrons. The molecule has 2 heterocycles. The number of hydrogen-bond donors (Lipinski definition) is 3. The first-order chi connectivity index (χ1) is 21.3. The van der Waals surface area contributed by atoms with Crippen molar-refractivity contribution in [2.45, 2.75) is 58.3 Å². The van der Waals surface area contributed by atoms with Crippen LogP contribution in [0.1, 0.15) is 50.4 Å². The summed E-state index contributed by atoms with van der Waals surface area (Å²) < 4.78 is 49.5. The van der Waals surface area contributed by atoms with Gasteiger partial charge in [0.2, 0.25) is 16.8 Å². The van der Waals surface area contributed by atoms with E-state index in [-0.39, 0.29) is 55.8 Å². The van der Waals surface area contributed by atoms with Gasteiger partial charge in [0.1, 0.15) is 5.75 Å². The minimum Gasteiger partial charge on any atom is -0.490 e. The molecule has 0 spiro atoms. The van der Waals surface area contributed by atoms with Crippen LogP contribution in [0.4, 0.5) is 16.2 Å². The number of carbonyl (C=O) groups excluding carboxylic acids is 2. The lowest BCUT2D eigenvalue weighted by atomic mass is 10.0. The zero-order valence-corrected chi connectivity index (χ0v) is 27.3. The number of urea groups is 1. The van der Waals surface area contributed by atoms with Crippen LogP contribution in [0.5, 0.6) is 17.2 Å². The van der Waals surface area contributed by atoms with Crippen LogP contribution in [-0.2, 0) is 14.8 Å². The number of nitrogens with one attached hydrogen (secondary N) is 2. The number of benzene rings is 2. The highest BCUT2D eigenvalue weighted by Gasteiger charge is 2.31. The van der Waals surface area contributed by atoms with Crippen molar-refractivity contribution in [3.05, 3.63) is 42.0 Å². The van der Waals surface area contributed by atoms with Crippen molar-refractivity contribution in [3.63, 3.8) is 0 Å². The number of anilines is 2. The fourth-order valence-electron chi connectivity index (χ4n) is 5.21. The number of likely N-dealkylation sites (N-methyl/N-ethyl adjacent to an activating group) is 1. The van der Waals surface area contributed by atoms with Crippen molar-refractivity contribution in [2.24, 2.45) is 5.92 Å². The van der Waals surface area contributed by atoms with Gasteiger partial charge in [0, 0.05) is 50.1 Å². The Labute approximate surface area is 264 Å². The SMILES string of the molecule is C[C@H]1CCCCO[C@@H](CN(C)C(=O)Nc2ccc3c(c2)OCO3)[C@@H](C)CN([C@@H](C)CO)C(=O)c2cc(NS(C)(=O)=O)ccc2O1. The molecule has 0 unspecified atom stereocenters. The smallest absolute Gasteiger partial charge is 0.321 e. The van der Waals surface area contributed by atoms with Gasteiger partial charge >= 0.3 is 6.03 Å². The van der Waals surface area contributed by atoms with E-state index in [0.717, 1.165) is 19.1 Å². The van der Waals surface area contributed by atoms with Gasteiger partial charge in [-0.25, -0.2) is 13.2 Å². The summed E-state index contributed by atoms with van der Waals surface area (Å²) in [4.78, 5) is 30.3. The Balaban J connectivity index is 1.57. The second-order valence-corrected chi connectivity index (χ2v) is 13.5. The summed E-state index contributed by atoms with van der Waals surface area (Å²) in [5.74, 6) is 0.826. The molecule has 14 heteroatoms. The van der Waals surface area contributed by atoms with Gasteiger partial charge in [-0.3, -0.25) is 9.52 Å². The van der Waals surface area contributed by atoms with Crippen molar-refractivity contribution < 1.29 is 42.1 Å². The number of fused-ring (bicyclic) bond motifs is 2. The van der Waals surface area contributed by atoms with Gasteiger partial charge in [-0.1, -0.05) is 6.92 Å². The Morgan fingerprint density at radius 1 is 1.09 bits per heavy atom. The lowest BCUT2D eigenvalue weighted by Crippen LogP contribution is -2.48. The summed E-state index contributed by atoms with van der Waals surface area (Å²) in [6, 6.07) is 8.87. The zero-order chi connectivity index (χ0) is 32.7. The Kier molecular flexibility index (Phi) is 11.4. The van der Waals surface area contributed by atoms with Crippen molar-refractivity contribution in [1.29, 1.82) is 0 Å². The number of amides is 3. The molecule has 4 atom stereocenters. The first-order valence-electron chi connectivity index (χ1n) is 15.1. The number of aliphatic hydroxyl groups excluding tert-OH is 1. The third kappa shape index (κ3) is 9.38. The van der Waals surface area contributed by atoms with Crippen LogP contribution in [0.2, 0.25) is 0 Å². The van der Waals surface area contributed by atoms with E-state index in [9.17, 15) is 23.1 Å². The lowest BCUT2D eigenvalue weighted by molar-refractivity contribution is -0.0115. The summed E-state index contributed by atoms with van der Waals surface area (Å²) in [7, 11) is -1.92. The maximum atomic E-state index is 14.1. The van der Waals surface area contributed by atoms with E-state index in [0.29, 0.717) is 36.0 Å². The minimum atomic E-state index is -3.59. The maximum Gasteiger partial charge on any atom is 0.321 e. The van der Waals surface area contributed by atoms with E-state index in [2.05, 4.69) is 10.0 Å². The highest BCUT2D eigenvalue weighted by molar-refractivity contribution is 7.92. The predicted octanol–water partition coefficient (Wildman–Crippen LogP) is 3.75. The van der Waals surface area contributed by atoms with Crippen LogP contribution in [0.15, 0.2) is 36.4 Å². The highest BCUT2D eigenvalue weighted by atomic mass is 32.2. The van der Waals surface area contributed by atoms with E-state index < -0.39 is 28.1 Å². The van der Waals surface area contributed by atoms with Gasteiger partial charge in [-0.15, -0.1) is 0 Å². The van der Waals surface area contributed by atoms with E-state index in [1.54, 1.807) is 44.3 Å². The number of sulfonamides is 1. The molecule has 2 aliphatic rings. The average Bonchev–Trinajstić information content (AvgIpc) is 3.45. The molecule has 2 aromatic carbocycles. The van der Waals surface area contributed by atoms with Crippen LogP contribution in [0.25, 0.3) is 0 Å². The molecule has 45 heavy (non-hydrogen) atoms. The number of ether oxygens (including phenoxy) is 4. The molecule has 2 aromatic rings. The fraction of sp³-hybridized carbons (Fsp3) is 0.548. The molecule has 248 valence electrons. The van der Waals surface area contributed by atoms with Gasteiger partial charge in [-0.05, 0) is 63.4 Å². The van der Waals surface area contributed by atoms with Crippen molar-refractivity contribution >= 4 is 33.3 Å². The number of carbonyl (C=O) groups is 2. The van der Waals surface area contributed by atoms with Crippen molar-refractivity contribution in [3.8, 4) is 17.2 Å². The topological polar surface area (TPSA) is 156 Å². The number of aliphatic hydroxyl groups is 1. The molecular formula is C31H44N4O9S. The Morgan fingerprint density at radius 2 is 1.80 bits per heavy atom. The number of rotatable bonds is 7. The van der Waals surface area contributed by atoms with Gasteiger partial charge < -0.3 is 39.2 Å². The molecule has 3 amide bonds. The summed E-state index contributed by atoms with van der Waals surface area (Å²) in [6.45, 7) is 6.31. The van der Waals surface area contributed by atoms with Crippen molar-refractivity contribution in [1.82, 2.24) is 9.80 Å². The van der Waals surface area contributed by atoms with E-state index in [1.807, 2.05) is 13.8 Å². The van der Waals surface area contributed by atoms with Crippen LogP contribution in [0, 0.1) is 5.92 Å². The molecule has 3 N–H and O–H groups in total. The monoisotopic (exact) mass is 648 g/mol. The lowest BCUT2D eigenvalue weighted by Gasteiger charge is -2.35. The van der Waals surface area contributed by atoms with Gasteiger partial charge in [-0.2, -0.15) is 0 Å². The summed E-state index contributed by atoms with van der Waals surface area (Å²) in [5.41, 5.74) is 0.963. The molecule has 4 rings (SSSR count). The van der Waals surface area contributed by atoms with Crippen LogP contribution in [0.3, 0.4) is 0 Å². The average molecular weight is 649 g/mol. The van der Waals surface area contributed by atoms with E-state index >= 15 is 0 Å². The van der Waals surface area contributed by atoms with Gasteiger partial charge in [0.15, 0.2) is 11.5 Å².